The van der Waals surface area contributed by atoms with E-state index in [-0.39, 0.29) is 4.90 Å². The first kappa shape index (κ1) is 21.4. The summed E-state index contributed by atoms with van der Waals surface area (Å²) in [4.78, 5) is 14.3. The van der Waals surface area contributed by atoms with Crippen LogP contribution in [0.3, 0.4) is 0 Å². The summed E-state index contributed by atoms with van der Waals surface area (Å²) in [5, 5.41) is 0. The summed E-state index contributed by atoms with van der Waals surface area (Å²) in [6.07, 6.45) is 4.50. The molecule has 0 bridgehead atoms. The summed E-state index contributed by atoms with van der Waals surface area (Å²) >= 11 is 3.22. The third kappa shape index (κ3) is 6.97. The molecular formula is C19H23BrN2O4S. The van der Waals surface area contributed by atoms with E-state index in [4.69, 9.17) is 4.74 Å². The highest BCUT2D eigenvalue weighted by Gasteiger charge is 2.16. The average Bonchev–Trinajstić information content (AvgIpc) is 2.66. The molecule has 1 amide bonds. The maximum absolute atomic E-state index is 12.2. The topological polar surface area (TPSA) is 84.5 Å². The molecule has 2 N–H and O–H groups in total. The molecule has 2 rings (SSSR count). The normalized spacial score (nSPS) is 11.2. The second-order valence-corrected chi connectivity index (χ2v) is 8.55. The Morgan fingerprint density at radius 1 is 1.07 bits per heavy atom. The third-order valence-corrected chi connectivity index (χ3v) is 5.53. The van der Waals surface area contributed by atoms with Crippen molar-refractivity contribution in [2.24, 2.45) is 0 Å². The van der Waals surface area contributed by atoms with Gasteiger partial charge < -0.3 is 4.74 Å². The lowest BCUT2D eigenvalue weighted by Crippen LogP contribution is -2.41. The van der Waals surface area contributed by atoms with Crippen LogP contribution < -0.4 is 15.0 Å². The van der Waals surface area contributed by atoms with Crippen LogP contribution in [0.25, 0.3) is 0 Å². The van der Waals surface area contributed by atoms with Gasteiger partial charge in [-0.1, -0.05) is 48.2 Å². The number of carbonyl (C=O) groups is 1. The molecule has 0 aromatic heterocycles. The molecule has 0 atom stereocenters. The van der Waals surface area contributed by atoms with Gasteiger partial charge in [0.25, 0.3) is 15.9 Å². The Bertz CT molecular complexity index is 854. The fourth-order valence-electron chi connectivity index (χ4n) is 2.30. The Balaban J connectivity index is 1.87. The van der Waals surface area contributed by atoms with E-state index < -0.39 is 15.9 Å². The first-order valence-corrected chi connectivity index (χ1v) is 11.0. The Morgan fingerprint density at radius 3 is 2.48 bits per heavy atom. The number of benzene rings is 2. The van der Waals surface area contributed by atoms with Crippen molar-refractivity contribution in [3.8, 4) is 5.75 Å². The number of amides is 1. The number of ether oxygens (including phenoxy) is 1. The van der Waals surface area contributed by atoms with E-state index in [9.17, 15) is 13.2 Å². The van der Waals surface area contributed by atoms with E-state index in [0.717, 1.165) is 12.8 Å². The van der Waals surface area contributed by atoms with Crippen LogP contribution in [-0.2, 0) is 10.0 Å². The predicted octanol–water partition coefficient (Wildman–Crippen LogP) is 4.03. The van der Waals surface area contributed by atoms with Crippen LogP contribution in [0.1, 0.15) is 43.0 Å². The number of carbonyl (C=O) groups excluding carboxylic acids is 1. The summed E-state index contributed by atoms with van der Waals surface area (Å²) in [6, 6.07) is 12.8. The van der Waals surface area contributed by atoms with Crippen molar-refractivity contribution < 1.29 is 17.9 Å². The van der Waals surface area contributed by atoms with E-state index in [1.165, 1.54) is 25.0 Å². The van der Waals surface area contributed by atoms with Gasteiger partial charge in [0.2, 0.25) is 0 Å². The van der Waals surface area contributed by atoms with Crippen LogP contribution in [0, 0.1) is 0 Å². The zero-order chi connectivity index (χ0) is 19.7. The van der Waals surface area contributed by atoms with Crippen molar-refractivity contribution in [1.82, 2.24) is 10.3 Å². The number of hydrogen-bond donors (Lipinski definition) is 2. The molecule has 0 heterocycles. The van der Waals surface area contributed by atoms with Gasteiger partial charge in [0.1, 0.15) is 5.75 Å². The van der Waals surface area contributed by atoms with Gasteiger partial charge in [-0.05, 0) is 48.9 Å². The van der Waals surface area contributed by atoms with Crippen molar-refractivity contribution in [2.45, 2.75) is 37.5 Å². The lowest BCUT2D eigenvalue weighted by Gasteiger charge is -2.10. The molecule has 0 aliphatic carbocycles. The first-order chi connectivity index (χ1) is 12.9. The number of halogens is 1. The standard InChI is InChI=1S/C19H23BrN2O4S/c1-2-3-4-5-13-26-17-11-9-15(10-12-17)19(23)21-22-27(24,25)18-8-6-7-16(20)14-18/h6-12,14,22H,2-5,13H2,1H3,(H,21,23). The van der Waals surface area contributed by atoms with E-state index in [2.05, 4.69) is 33.1 Å². The quantitative estimate of drug-likeness (QED) is 0.419. The van der Waals surface area contributed by atoms with E-state index >= 15 is 0 Å². The molecule has 2 aromatic rings. The van der Waals surface area contributed by atoms with Crippen molar-refractivity contribution in [1.29, 1.82) is 0 Å². The fraction of sp³-hybridized carbons (Fsp3) is 0.316. The largest absolute Gasteiger partial charge is 0.494 e. The van der Waals surface area contributed by atoms with E-state index in [1.54, 1.807) is 36.4 Å². The molecular weight excluding hydrogens is 432 g/mol. The number of rotatable bonds is 10. The van der Waals surface area contributed by atoms with Crippen LogP contribution in [0.5, 0.6) is 5.75 Å². The van der Waals surface area contributed by atoms with Crippen molar-refractivity contribution >= 4 is 31.9 Å². The molecule has 0 saturated heterocycles. The van der Waals surface area contributed by atoms with Crippen LogP contribution >= 0.6 is 15.9 Å². The summed E-state index contributed by atoms with van der Waals surface area (Å²) in [6.45, 7) is 2.79. The van der Waals surface area contributed by atoms with Gasteiger partial charge in [-0.2, -0.15) is 0 Å². The van der Waals surface area contributed by atoms with Gasteiger partial charge in [-0.25, -0.2) is 8.42 Å². The third-order valence-electron chi connectivity index (χ3n) is 3.79. The minimum absolute atomic E-state index is 0.0454. The number of hydrazine groups is 1. The molecule has 0 radical (unpaired) electrons. The number of nitrogens with one attached hydrogen (secondary N) is 2. The maximum Gasteiger partial charge on any atom is 0.266 e. The minimum atomic E-state index is -3.85. The summed E-state index contributed by atoms with van der Waals surface area (Å²) in [7, 11) is -3.85. The molecule has 0 unspecified atom stereocenters. The van der Waals surface area contributed by atoms with E-state index in [0.29, 0.717) is 22.4 Å². The van der Waals surface area contributed by atoms with Crippen LogP contribution in [0.2, 0.25) is 0 Å². The monoisotopic (exact) mass is 454 g/mol. The lowest BCUT2D eigenvalue weighted by atomic mass is 10.2. The fourth-order valence-corrected chi connectivity index (χ4v) is 3.74. The van der Waals surface area contributed by atoms with E-state index in [1.807, 2.05) is 0 Å². The van der Waals surface area contributed by atoms with Crippen LogP contribution in [-0.4, -0.2) is 20.9 Å². The number of sulfonamides is 1. The smallest absolute Gasteiger partial charge is 0.266 e. The Kier molecular flexibility index (Phi) is 8.27. The van der Waals surface area contributed by atoms with Gasteiger partial charge in [0, 0.05) is 10.0 Å². The van der Waals surface area contributed by atoms with Gasteiger partial charge in [0.15, 0.2) is 0 Å². The number of unbranched alkanes of at least 4 members (excludes halogenated alkanes) is 3. The summed E-state index contributed by atoms with van der Waals surface area (Å²) < 4.78 is 30.7. The van der Waals surface area contributed by atoms with Gasteiger partial charge in [-0.3, -0.25) is 10.2 Å². The zero-order valence-corrected chi connectivity index (χ0v) is 17.5. The molecule has 0 fully saturated rings. The van der Waals surface area contributed by atoms with Crippen molar-refractivity contribution in [2.75, 3.05) is 6.61 Å². The average molecular weight is 455 g/mol. The Labute approximate surface area is 168 Å². The molecule has 8 heteroatoms. The predicted molar refractivity (Wildman–Crippen MR) is 108 cm³/mol. The molecule has 0 aliphatic heterocycles. The zero-order valence-electron chi connectivity index (χ0n) is 15.1. The molecule has 27 heavy (non-hydrogen) atoms. The molecule has 0 spiro atoms. The molecule has 0 saturated carbocycles. The number of hydrogen-bond acceptors (Lipinski definition) is 4. The molecule has 2 aromatic carbocycles. The SMILES string of the molecule is CCCCCCOc1ccc(C(=O)NNS(=O)(=O)c2cccc(Br)c2)cc1. The van der Waals surface area contributed by atoms with Crippen LogP contribution in [0.15, 0.2) is 57.9 Å². The first-order valence-electron chi connectivity index (χ1n) is 8.73. The second-order valence-electron chi connectivity index (χ2n) is 5.95. The van der Waals surface area contributed by atoms with Crippen molar-refractivity contribution in [3.05, 3.63) is 58.6 Å². The van der Waals surface area contributed by atoms with Gasteiger partial charge >= 0.3 is 0 Å². The van der Waals surface area contributed by atoms with Gasteiger partial charge in [0.05, 0.1) is 11.5 Å². The van der Waals surface area contributed by atoms with Gasteiger partial charge in [-0.15, -0.1) is 4.83 Å². The highest BCUT2D eigenvalue weighted by Crippen LogP contribution is 2.16. The maximum atomic E-state index is 12.2. The molecule has 6 nitrogen and oxygen atoms in total. The summed E-state index contributed by atoms with van der Waals surface area (Å²) in [5.74, 6) is 0.126. The second kappa shape index (κ2) is 10.4. The molecule has 146 valence electrons. The summed E-state index contributed by atoms with van der Waals surface area (Å²) in [5.41, 5.74) is 2.53. The van der Waals surface area contributed by atoms with Crippen LogP contribution in [0.4, 0.5) is 0 Å². The Morgan fingerprint density at radius 2 is 1.81 bits per heavy atom. The Hall–Kier alpha value is -1.90. The highest BCUT2D eigenvalue weighted by atomic mass is 79.9. The molecule has 0 aliphatic rings. The lowest BCUT2D eigenvalue weighted by molar-refractivity contribution is 0.0945. The van der Waals surface area contributed by atoms with Crippen molar-refractivity contribution in [3.63, 3.8) is 0 Å². The minimum Gasteiger partial charge on any atom is -0.494 e. The highest BCUT2D eigenvalue weighted by molar-refractivity contribution is 9.10.